The molecule has 0 aliphatic carbocycles. The second-order valence-electron chi connectivity index (χ2n) is 6.31. The number of aromatic nitrogens is 1. The van der Waals surface area contributed by atoms with Gasteiger partial charge in [0.1, 0.15) is 0 Å². The molecular formula is C18H19N3O4. The van der Waals surface area contributed by atoms with Crippen LogP contribution in [0.2, 0.25) is 0 Å². The van der Waals surface area contributed by atoms with Gasteiger partial charge in [-0.25, -0.2) is 9.59 Å². The monoisotopic (exact) mass is 341 g/mol. The third-order valence-corrected chi connectivity index (χ3v) is 3.72. The van der Waals surface area contributed by atoms with E-state index in [4.69, 9.17) is 9.47 Å². The fourth-order valence-electron chi connectivity index (χ4n) is 2.57. The molecule has 1 aromatic heterocycles. The van der Waals surface area contributed by atoms with Crippen LogP contribution in [0.15, 0.2) is 42.2 Å². The van der Waals surface area contributed by atoms with Crippen molar-refractivity contribution in [2.24, 2.45) is 0 Å². The van der Waals surface area contributed by atoms with Crippen LogP contribution in [0.25, 0.3) is 10.9 Å². The Kier molecular flexibility index (Phi) is 4.08. The summed E-state index contributed by atoms with van der Waals surface area (Å²) in [6.45, 7) is 3.01. The highest BCUT2D eigenvalue weighted by molar-refractivity contribution is 6.15. The summed E-state index contributed by atoms with van der Waals surface area (Å²) in [4.78, 5) is 30.4. The first-order valence-electron chi connectivity index (χ1n) is 7.77. The number of esters is 2. The number of rotatable bonds is 3. The van der Waals surface area contributed by atoms with Gasteiger partial charge >= 0.3 is 11.9 Å². The van der Waals surface area contributed by atoms with E-state index in [0.717, 1.165) is 16.6 Å². The minimum absolute atomic E-state index is 0.187. The van der Waals surface area contributed by atoms with Crippen LogP contribution in [-0.2, 0) is 19.1 Å². The van der Waals surface area contributed by atoms with Gasteiger partial charge in [-0.1, -0.05) is 0 Å². The number of hydrogen-bond donors (Lipinski definition) is 1. The van der Waals surface area contributed by atoms with Gasteiger partial charge in [0.2, 0.25) is 0 Å². The number of carbonyl (C=O) groups excluding carboxylic acids is 2. The molecule has 0 amide bonds. The van der Waals surface area contributed by atoms with Crippen LogP contribution in [0, 0.1) is 0 Å². The van der Waals surface area contributed by atoms with Crippen LogP contribution in [0.4, 0.5) is 11.4 Å². The molecule has 0 saturated carbocycles. The number of nitrogens with one attached hydrogen (secondary N) is 1. The first kappa shape index (κ1) is 16.8. The van der Waals surface area contributed by atoms with Crippen molar-refractivity contribution in [3.05, 3.63) is 42.2 Å². The Balaban J connectivity index is 1.96. The molecule has 0 unspecified atom stereocenters. The predicted octanol–water partition coefficient (Wildman–Crippen LogP) is 2.43. The van der Waals surface area contributed by atoms with E-state index in [-0.39, 0.29) is 5.57 Å². The quantitative estimate of drug-likeness (QED) is 0.522. The minimum atomic E-state index is -1.25. The zero-order valence-corrected chi connectivity index (χ0v) is 14.5. The van der Waals surface area contributed by atoms with Crippen LogP contribution in [-0.4, -0.2) is 36.8 Å². The van der Waals surface area contributed by atoms with E-state index in [2.05, 4.69) is 10.3 Å². The summed E-state index contributed by atoms with van der Waals surface area (Å²) < 4.78 is 10.1. The highest BCUT2D eigenvalue weighted by Gasteiger charge is 2.38. The molecule has 1 N–H and O–H groups in total. The van der Waals surface area contributed by atoms with Gasteiger partial charge in [-0.15, -0.1) is 0 Å². The average molecular weight is 341 g/mol. The van der Waals surface area contributed by atoms with Crippen molar-refractivity contribution in [3.8, 4) is 0 Å². The fraction of sp³-hybridized carbons (Fsp3) is 0.278. The van der Waals surface area contributed by atoms with Crippen LogP contribution in [0.3, 0.4) is 0 Å². The van der Waals surface area contributed by atoms with E-state index < -0.39 is 17.7 Å². The average Bonchev–Trinajstić information content (AvgIpc) is 2.52. The van der Waals surface area contributed by atoms with Crippen molar-refractivity contribution >= 4 is 34.2 Å². The number of carbonyl (C=O) groups is 2. The SMILES string of the molecule is CN(C)c1ccc(NC=C2C(=O)OC(C)(C)OC2=O)c2cccnc12. The van der Waals surface area contributed by atoms with E-state index >= 15 is 0 Å². The molecule has 1 aliphatic heterocycles. The van der Waals surface area contributed by atoms with Crippen molar-refractivity contribution in [1.82, 2.24) is 4.98 Å². The van der Waals surface area contributed by atoms with Crippen molar-refractivity contribution in [2.75, 3.05) is 24.3 Å². The maximum Gasteiger partial charge on any atom is 0.350 e. The molecule has 1 aliphatic rings. The van der Waals surface area contributed by atoms with Gasteiger partial charge in [0.15, 0.2) is 5.57 Å². The summed E-state index contributed by atoms with van der Waals surface area (Å²) in [6.07, 6.45) is 3.02. The molecule has 0 spiro atoms. The van der Waals surface area contributed by atoms with Gasteiger partial charge < -0.3 is 19.7 Å². The molecule has 3 rings (SSSR count). The molecule has 7 nitrogen and oxygen atoms in total. The lowest BCUT2D eigenvalue weighted by molar-refractivity contribution is -0.222. The maximum atomic E-state index is 12.0. The smallest absolute Gasteiger partial charge is 0.350 e. The molecule has 0 atom stereocenters. The van der Waals surface area contributed by atoms with Gasteiger partial charge in [-0.2, -0.15) is 0 Å². The summed E-state index contributed by atoms with van der Waals surface area (Å²) in [6, 6.07) is 7.51. The van der Waals surface area contributed by atoms with E-state index in [1.807, 2.05) is 43.3 Å². The van der Waals surface area contributed by atoms with Gasteiger partial charge in [-0.05, 0) is 24.3 Å². The molecule has 2 aromatic rings. The van der Waals surface area contributed by atoms with Crippen LogP contribution >= 0.6 is 0 Å². The van der Waals surface area contributed by atoms with Crippen LogP contribution < -0.4 is 10.2 Å². The molecule has 1 fully saturated rings. The van der Waals surface area contributed by atoms with Crippen molar-refractivity contribution in [2.45, 2.75) is 19.6 Å². The van der Waals surface area contributed by atoms with Gasteiger partial charge in [0, 0.05) is 51.4 Å². The third-order valence-electron chi connectivity index (χ3n) is 3.72. The molecule has 130 valence electrons. The summed E-state index contributed by atoms with van der Waals surface area (Å²) >= 11 is 0. The Morgan fingerprint density at radius 2 is 1.80 bits per heavy atom. The first-order valence-corrected chi connectivity index (χ1v) is 7.77. The number of pyridine rings is 1. The summed E-state index contributed by atoms with van der Waals surface area (Å²) in [5.41, 5.74) is 2.30. The molecule has 0 radical (unpaired) electrons. The van der Waals surface area contributed by atoms with E-state index in [1.165, 1.54) is 20.0 Å². The molecule has 1 saturated heterocycles. The molecule has 1 aromatic carbocycles. The van der Waals surface area contributed by atoms with Crippen molar-refractivity contribution in [3.63, 3.8) is 0 Å². The number of benzene rings is 1. The Morgan fingerprint density at radius 1 is 1.12 bits per heavy atom. The van der Waals surface area contributed by atoms with Gasteiger partial charge in [-0.3, -0.25) is 4.98 Å². The normalized spacial score (nSPS) is 16.2. The van der Waals surface area contributed by atoms with Crippen LogP contribution in [0.5, 0.6) is 0 Å². The number of nitrogens with zero attached hydrogens (tertiary/aromatic N) is 2. The predicted molar refractivity (Wildman–Crippen MR) is 94.0 cm³/mol. The lowest BCUT2D eigenvalue weighted by atomic mass is 10.1. The second-order valence-corrected chi connectivity index (χ2v) is 6.31. The highest BCUT2D eigenvalue weighted by Crippen LogP contribution is 2.30. The lowest BCUT2D eigenvalue weighted by Gasteiger charge is -2.29. The zero-order valence-electron chi connectivity index (χ0n) is 14.5. The van der Waals surface area contributed by atoms with Crippen LogP contribution in [0.1, 0.15) is 13.8 Å². The Bertz CT molecular complexity index is 865. The van der Waals surface area contributed by atoms with E-state index in [0.29, 0.717) is 5.69 Å². The summed E-state index contributed by atoms with van der Waals surface area (Å²) in [5.74, 6) is -2.70. The highest BCUT2D eigenvalue weighted by atomic mass is 16.7. The molecule has 2 heterocycles. The first-order chi connectivity index (χ1) is 11.8. The second kappa shape index (κ2) is 6.08. The molecule has 7 heteroatoms. The van der Waals surface area contributed by atoms with Crippen molar-refractivity contribution in [1.29, 1.82) is 0 Å². The number of ether oxygens (including phenoxy) is 2. The number of cyclic esters (lactones) is 2. The number of fused-ring (bicyclic) bond motifs is 1. The standard InChI is InChI=1S/C18H19N3O4/c1-18(2)24-16(22)12(17(23)25-18)10-20-13-7-8-14(21(3)4)15-11(13)6-5-9-19-15/h5-10,20H,1-4H3. The topological polar surface area (TPSA) is 80.8 Å². The third kappa shape index (κ3) is 3.26. The maximum absolute atomic E-state index is 12.0. The Labute approximate surface area is 145 Å². The fourth-order valence-corrected chi connectivity index (χ4v) is 2.57. The summed E-state index contributed by atoms with van der Waals surface area (Å²) in [7, 11) is 3.88. The van der Waals surface area contributed by atoms with Crippen molar-refractivity contribution < 1.29 is 19.1 Å². The van der Waals surface area contributed by atoms with E-state index in [1.54, 1.807) is 6.20 Å². The van der Waals surface area contributed by atoms with Gasteiger partial charge in [0.25, 0.3) is 5.79 Å². The van der Waals surface area contributed by atoms with Gasteiger partial charge in [0.05, 0.1) is 11.2 Å². The molecular weight excluding hydrogens is 322 g/mol. The molecule has 0 bridgehead atoms. The number of hydrogen-bond acceptors (Lipinski definition) is 7. The largest absolute Gasteiger partial charge is 0.419 e. The number of anilines is 2. The lowest BCUT2D eigenvalue weighted by Crippen LogP contribution is -2.42. The zero-order chi connectivity index (χ0) is 18.2. The van der Waals surface area contributed by atoms with E-state index in [9.17, 15) is 9.59 Å². The summed E-state index contributed by atoms with van der Waals surface area (Å²) in [5, 5.41) is 3.85. The Morgan fingerprint density at radius 3 is 2.44 bits per heavy atom. The molecule has 25 heavy (non-hydrogen) atoms. The minimum Gasteiger partial charge on any atom is -0.419 e. The Hall–Kier alpha value is -3.09.